The molecule has 20 heavy (non-hydrogen) atoms. The number of alkyl halides is 1. The molecule has 2 amide bonds. The number of nitrogens with one attached hydrogen (secondary N) is 1. The van der Waals surface area contributed by atoms with Gasteiger partial charge in [0.1, 0.15) is 5.82 Å². The quantitative estimate of drug-likeness (QED) is 0.880. The number of hydrogen-bond acceptors (Lipinski definition) is 2. The third kappa shape index (κ3) is 2.88. The van der Waals surface area contributed by atoms with E-state index in [1.54, 1.807) is 14.1 Å². The summed E-state index contributed by atoms with van der Waals surface area (Å²) >= 11 is 5.97. The number of urea groups is 1. The molecule has 1 heterocycles. The molecule has 5 nitrogen and oxygen atoms in total. The molecular formula is C14H19ClN4O. The van der Waals surface area contributed by atoms with Gasteiger partial charge in [-0.15, -0.1) is 11.6 Å². The third-order valence-corrected chi connectivity index (χ3v) is 3.44. The second-order valence-corrected chi connectivity index (χ2v) is 5.15. The number of imidazole rings is 1. The Balaban J connectivity index is 2.20. The molecule has 2 aromatic rings. The lowest BCUT2D eigenvalue weighted by Gasteiger charge is -2.13. The first-order valence-electron chi connectivity index (χ1n) is 6.50. The van der Waals surface area contributed by atoms with Gasteiger partial charge >= 0.3 is 6.03 Å². The van der Waals surface area contributed by atoms with Crippen LogP contribution in [0, 0.1) is 6.92 Å². The smallest absolute Gasteiger partial charge is 0.316 e. The minimum Gasteiger partial charge on any atom is -0.336 e. The van der Waals surface area contributed by atoms with Crippen LogP contribution in [0.1, 0.15) is 11.4 Å². The Morgan fingerprint density at radius 2 is 2.20 bits per heavy atom. The van der Waals surface area contributed by atoms with Gasteiger partial charge in [-0.05, 0) is 18.6 Å². The molecule has 0 radical (unpaired) electrons. The Morgan fingerprint density at radius 1 is 1.45 bits per heavy atom. The molecule has 0 aliphatic heterocycles. The van der Waals surface area contributed by atoms with Crippen LogP contribution in [0.5, 0.6) is 0 Å². The highest BCUT2D eigenvalue weighted by atomic mass is 35.5. The summed E-state index contributed by atoms with van der Waals surface area (Å²) in [7, 11) is 3.44. The summed E-state index contributed by atoms with van der Waals surface area (Å²) in [4.78, 5) is 17.6. The largest absolute Gasteiger partial charge is 0.336 e. The number of para-hydroxylation sites is 1. The maximum Gasteiger partial charge on any atom is 0.316 e. The molecule has 1 aromatic heterocycles. The number of amides is 2. The lowest BCUT2D eigenvalue weighted by atomic mass is 10.2. The Bertz CT molecular complexity index is 621. The summed E-state index contributed by atoms with van der Waals surface area (Å²) in [6.45, 7) is 3.23. The van der Waals surface area contributed by atoms with Gasteiger partial charge in [0.2, 0.25) is 0 Å². The molecule has 0 aliphatic rings. The number of aromatic nitrogens is 2. The minimum atomic E-state index is -0.0991. The molecule has 2 rings (SSSR count). The molecule has 108 valence electrons. The van der Waals surface area contributed by atoms with E-state index in [0.717, 1.165) is 22.4 Å². The summed E-state index contributed by atoms with van der Waals surface area (Å²) < 4.78 is 2.06. The van der Waals surface area contributed by atoms with Gasteiger partial charge in [0.25, 0.3) is 0 Å². The summed E-state index contributed by atoms with van der Waals surface area (Å²) in [5.74, 6) is 1.19. The molecule has 0 saturated carbocycles. The maximum atomic E-state index is 11.5. The SMILES string of the molecule is Cc1cccc2c1nc(CCl)n2CCNC(=O)N(C)C. The first-order valence-corrected chi connectivity index (χ1v) is 7.04. The van der Waals surface area contributed by atoms with Crippen LogP contribution in [0.3, 0.4) is 0 Å². The van der Waals surface area contributed by atoms with Crippen molar-refractivity contribution in [3.63, 3.8) is 0 Å². The van der Waals surface area contributed by atoms with E-state index in [1.807, 2.05) is 25.1 Å². The number of benzene rings is 1. The van der Waals surface area contributed by atoms with Crippen molar-refractivity contribution in [1.82, 2.24) is 19.8 Å². The van der Waals surface area contributed by atoms with E-state index in [0.29, 0.717) is 19.0 Å². The van der Waals surface area contributed by atoms with Gasteiger partial charge in [-0.1, -0.05) is 12.1 Å². The predicted octanol–water partition coefficient (Wildman–Crippen LogP) is 2.35. The van der Waals surface area contributed by atoms with Crippen molar-refractivity contribution in [2.45, 2.75) is 19.3 Å². The Hall–Kier alpha value is -1.75. The fourth-order valence-corrected chi connectivity index (χ4v) is 2.32. The number of carbonyl (C=O) groups excluding carboxylic acids is 1. The molecular weight excluding hydrogens is 276 g/mol. The number of hydrogen-bond donors (Lipinski definition) is 1. The molecule has 1 N–H and O–H groups in total. The van der Waals surface area contributed by atoms with E-state index in [4.69, 9.17) is 11.6 Å². The maximum absolute atomic E-state index is 11.5. The summed E-state index contributed by atoms with van der Waals surface area (Å²) in [5, 5.41) is 2.85. The standard InChI is InChI=1S/C14H19ClN4O/c1-10-5-4-6-11-13(10)17-12(9-15)19(11)8-7-16-14(20)18(2)3/h4-6H,7-9H2,1-3H3,(H,16,20). The van der Waals surface area contributed by atoms with Crippen molar-refractivity contribution in [1.29, 1.82) is 0 Å². The van der Waals surface area contributed by atoms with Crippen LogP contribution in [0.2, 0.25) is 0 Å². The molecule has 0 unspecified atom stereocenters. The molecule has 0 aliphatic carbocycles. The van der Waals surface area contributed by atoms with Crippen molar-refractivity contribution < 1.29 is 4.79 Å². The highest BCUT2D eigenvalue weighted by molar-refractivity contribution is 6.16. The molecule has 0 atom stereocenters. The zero-order chi connectivity index (χ0) is 14.7. The van der Waals surface area contributed by atoms with Crippen molar-refractivity contribution >= 4 is 28.7 Å². The van der Waals surface area contributed by atoms with Crippen molar-refractivity contribution in [3.8, 4) is 0 Å². The van der Waals surface area contributed by atoms with Gasteiger partial charge in [-0.3, -0.25) is 0 Å². The van der Waals surface area contributed by atoms with Gasteiger partial charge in [0.05, 0.1) is 16.9 Å². The van der Waals surface area contributed by atoms with Crippen LogP contribution in [-0.2, 0) is 12.4 Å². The van der Waals surface area contributed by atoms with Crippen LogP contribution >= 0.6 is 11.6 Å². The van der Waals surface area contributed by atoms with Crippen LogP contribution in [0.25, 0.3) is 11.0 Å². The first kappa shape index (κ1) is 14.7. The van der Waals surface area contributed by atoms with Gasteiger partial charge in [-0.25, -0.2) is 9.78 Å². The second-order valence-electron chi connectivity index (χ2n) is 4.88. The molecule has 0 fully saturated rings. The fourth-order valence-electron chi connectivity index (χ4n) is 2.12. The highest BCUT2D eigenvalue weighted by Crippen LogP contribution is 2.20. The van der Waals surface area contributed by atoms with E-state index in [2.05, 4.69) is 14.9 Å². The average Bonchev–Trinajstić information content (AvgIpc) is 2.78. The van der Waals surface area contributed by atoms with Gasteiger partial charge in [0.15, 0.2) is 0 Å². The molecule has 0 saturated heterocycles. The summed E-state index contributed by atoms with van der Waals surface area (Å²) in [6.07, 6.45) is 0. The lowest BCUT2D eigenvalue weighted by Crippen LogP contribution is -2.36. The zero-order valence-corrected chi connectivity index (χ0v) is 12.7. The van der Waals surface area contributed by atoms with Crippen molar-refractivity contribution in [2.24, 2.45) is 0 Å². The lowest BCUT2D eigenvalue weighted by molar-refractivity contribution is 0.217. The van der Waals surface area contributed by atoms with Gasteiger partial charge < -0.3 is 14.8 Å². The molecule has 0 bridgehead atoms. The fraction of sp³-hybridized carbons (Fsp3) is 0.429. The number of carbonyl (C=O) groups is 1. The van der Waals surface area contributed by atoms with E-state index in [9.17, 15) is 4.79 Å². The van der Waals surface area contributed by atoms with Crippen LogP contribution in [0.4, 0.5) is 4.79 Å². The van der Waals surface area contributed by atoms with Crippen LogP contribution < -0.4 is 5.32 Å². The highest BCUT2D eigenvalue weighted by Gasteiger charge is 2.11. The van der Waals surface area contributed by atoms with Gasteiger partial charge in [-0.2, -0.15) is 0 Å². The normalized spacial score (nSPS) is 10.8. The van der Waals surface area contributed by atoms with E-state index < -0.39 is 0 Å². The summed E-state index contributed by atoms with van der Waals surface area (Å²) in [6, 6.07) is 5.97. The third-order valence-electron chi connectivity index (χ3n) is 3.20. The summed E-state index contributed by atoms with van der Waals surface area (Å²) in [5.41, 5.74) is 3.16. The van der Waals surface area contributed by atoms with E-state index in [1.165, 1.54) is 4.90 Å². The molecule has 1 aromatic carbocycles. The molecule has 0 spiro atoms. The Morgan fingerprint density at radius 3 is 2.85 bits per heavy atom. The van der Waals surface area contributed by atoms with Crippen molar-refractivity contribution in [3.05, 3.63) is 29.6 Å². The molecule has 6 heteroatoms. The number of aryl methyl sites for hydroxylation is 1. The minimum absolute atomic E-state index is 0.0991. The van der Waals surface area contributed by atoms with E-state index >= 15 is 0 Å². The number of rotatable bonds is 4. The monoisotopic (exact) mass is 294 g/mol. The Labute approximate surface area is 123 Å². The first-order chi connectivity index (χ1) is 9.54. The number of nitrogens with zero attached hydrogens (tertiary/aromatic N) is 3. The van der Waals surface area contributed by atoms with Gasteiger partial charge in [0, 0.05) is 27.2 Å². The van der Waals surface area contributed by atoms with Crippen molar-refractivity contribution in [2.75, 3.05) is 20.6 Å². The topological polar surface area (TPSA) is 50.2 Å². The predicted molar refractivity (Wildman–Crippen MR) is 81.1 cm³/mol. The van der Waals surface area contributed by atoms with E-state index in [-0.39, 0.29) is 6.03 Å². The number of halogens is 1. The van der Waals surface area contributed by atoms with Crippen LogP contribution in [-0.4, -0.2) is 41.1 Å². The number of fused-ring (bicyclic) bond motifs is 1. The van der Waals surface area contributed by atoms with Crippen LogP contribution in [0.15, 0.2) is 18.2 Å². The second kappa shape index (κ2) is 6.13. The zero-order valence-electron chi connectivity index (χ0n) is 12.0. The Kier molecular flexibility index (Phi) is 4.49. The average molecular weight is 295 g/mol.